The first kappa shape index (κ1) is 18.4. The molecular formula is C21H20N2O4. The Bertz CT molecular complexity index is 910. The molecule has 3 aromatic rings. The van der Waals surface area contributed by atoms with Gasteiger partial charge in [-0.3, -0.25) is 4.98 Å². The third-order valence-corrected chi connectivity index (χ3v) is 3.72. The molecule has 1 aromatic carbocycles. The van der Waals surface area contributed by atoms with E-state index in [9.17, 15) is 4.79 Å². The fourth-order valence-electron chi connectivity index (χ4n) is 2.53. The van der Waals surface area contributed by atoms with Crippen LogP contribution < -0.4 is 9.47 Å². The molecule has 0 aliphatic heterocycles. The van der Waals surface area contributed by atoms with E-state index in [1.807, 2.05) is 25.1 Å². The van der Waals surface area contributed by atoms with Gasteiger partial charge in [-0.05, 0) is 56.3 Å². The number of carbonyl (C=O) groups excluding carboxylic acids is 1. The third-order valence-electron chi connectivity index (χ3n) is 3.72. The second-order valence-electron chi connectivity index (χ2n) is 5.51. The normalized spacial score (nSPS) is 10.3. The minimum atomic E-state index is -0.362. The van der Waals surface area contributed by atoms with E-state index in [2.05, 4.69) is 9.97 Å². The minimum absolute atomic E-state index is 0.335. The van der Waals surface area contributed by atoms with Crippen LogP contribution >= 0.6 is 0 Å². The number of carbonyl (C=O) groups is 1. The molecule has 0 unspecified atom stereocenters. The van der Waals surface area contributed by atoms with Crippen molar-refractivity contribution in [1.29, 1.82) is 0 Å². The highest BCUT2D eigenvalue weighted by Crippen LogP contribution is 2.36. The molecular weight excluding hydrogens is 344 g/mol. The monoisotopic (exact) mass is 364 g/mol. The molecule has 2 heterocycles. The SMILES string of the molecule is CCOC(=O)c1ccc(Oc2ncccc2-c2cnccc2OCC)cc1. The standard InChI is InChI=1S/C21H20N2O4/c1-3-25-19-11-13-22-14-18(19)17-6-5-12-23-20(17)27-16-9-7-15(8-10-16)21(24)26-4-2/h5-14H,3-4H2,1-2H3. The van der Waals surface area contributed by atoms with Crippen molar-refractivity contribution in [1.82, 2.24) is 9.97 Å². The molecule has 0 atom stereocenters. The summed E-state index contributed by atoms with van der Waals surface area (Å²) < 4.78 is 16.6. The number of nitrogens with zero attached hydrogens (tertiary/aromatic N) is 2. The number of hydrogen-bond donors (Lipinski definition) is 0. The molecule has 6 nitrogen and oxygen atoms in total. The van der Waals surface area contributed by atoms with Crippen LogP contribution in [0.5, 0.6) is 17.4 Å². The Morgan fingerprint density at radius 1 is 0.963 bits per heavy atom. The molecule has 0 fully saturated rings. The number of hydrogen-bond acceptors (Lipinski definition) is 6. The summed E-state index contributed by atoms with van der Waals surface area (Å²) in [5, 5.41) is 0. The van der Waals surface area contributed by atoms with E-state index in [1.165, 1.54) is 0 Å². The van der Waals surface area contributed by atoms with Crippen molar-refractivity contribution in [2.24, 2.45) is 0 Å². The largest absolute Gasteiger partial charge is 0.493 e. The van der Waals surface area contributed by atoms with Crippen LogP contribution in [0.3, 0.4) is 0 Å². The zero-order valence-electron chi connectivity index (χ0n) is 15.2. The molecule has 0 aliphatic rings. The predicted octanol–water partition coefficient (Wildman–Crippen LogP) is 4.51. The van der Waals surface area contributed by atoms with Gasteiger partial charge >= 0.3 is 5.97 Å². The van der Waals surface area contributed by atoms with E-state index in [1.54, 1.807) is 49.8 Å². The van der Waals surface area contributed by atoms with Crippen molar-refractivity contribution in [2.45, 2.75) is 13.8 Å². The van der Waals surface area contributed by atoms with Crippen molar-refractivity contribution >= 4 is 5.97 Å². The maximum atomic E-state index is 11.8. The Balaban J connectivity index is 1.88. The highest BCUT2D eigenvalue weighted by Gasteiger charge is 2.14. The maximum absolute atomic E-state index is 11.8. The molecule has 6 heteroatoms. The quantitative estimate of drug-likeness (QED) is 0.575. The average molecular weight is 364 g/mol. The lowest BCUT2D eigenvalue weighted by atomic mass is 10.1. The van der Waals surface area contributed by atoms with Crippen LogP contribution in [0.1, 0.15) is 24.2 Å². The summed E-state index contributed by atoms with van der Waals surface area (Å²) in [6.07, 6.45) is 5.06. The van der Waals surface area contributed by atoms with Crippen LogP contribution in [0.2, 0.25) is 0 Å². The molecule has 27 heavy (non-hydrogen) atoms. The molecule has 2 aromatic heterocycles. The number of aromatic nitrogens is 2. The predicted molar refractivity (Wildman–Crippen MR) is 101 cm³/mol. The minimum Gasteiger partial charge on any atom is -0.493 e. The molecule has 0 bridgehead atoms. The Hall–Kier alpha value is -3.41. The van der Waals surface area contributed by atoms with E-state index >= 15 is 0 Å². The number of pyridine rings is 2. The zero-order chi connectivity index (χ0) is 19.1. The molecule has 3 rings (SSSR count). The highest BCUT2D eigenvalue weighted by atomic mass is 16.5. The maximum Gasteiger partial charge on any atom is 0.338 e. The summed E-state index contributed by atoms with van der Waals surface area (Å²) in [6, 6.07) is 12.3. The smallest absolute Gasteiger partial charge is 0.338 e. The van der Waals surface area contributed by atoms with Gasteiger partial charge in [0.05, 0.1) is 18.8 Å². The van der Waals surface area contributed by atoms with Gasteiger partial charge < -0.3 is 14.2 Å². The lowest BCUT2D eigenvalue weighted by molar-refractivity contribution is 0.0526. The first-order valence-electron chi connectivity index (χ1n) is 8.70. The van der Waals surface area contributed by atoms with E-state index < -0.39 is 0 Å². The van der Waals surface area contributed by atoms with Crippen molar-refractivity contribution in [3.05, 3.63) is 66.6 Å². The topological polar surface area (TPSA) is 70.5 Å². The van der Waals surface area contributed by atoms with Crippen molar-refractivity contribution < 1.29 is 19.0 Å². The molecule has 0 saturated carbocycles. The summed E-state index contributed by atoms with van der Waals surface area (Å²) in [6.45, 7) is 4.58. The summed E-state index contributed by atoms with van der Waals surface area (Å²) in [5.41, 5.74) is 2.03. The van der Waals surface area contributed by atoms with Crippen LogP contribution in [0.15, 0.2) is 61.1 Å². The molecule has 0 radical (unpaired) electrons. The van der Waals surface area contributed by atoms with Gasteiger partial charge in [-0.25, -0.2) is 9.78 Å². The van der Waals surface area contributed by atoms with Gasteiger partial charge in [0.2, 0.25) is 5.88 Å². The number of esters is 1. The Morgan fingerprint density at radius 2 is 1.78 bits per heavy atom. The van der Waals surface area contributed by atoms with Gasteiger partial charge in [-0.1, -0.05) is 0 Å². The molecule has 0 amide bonds. The molecule has 0 N–H and O–H groups in total. The Kier molecular flexibility index (Phi) is 5.99. The fourth-order valence-corrected chi connectivity index (χ4v) is 2.53. The summed E-state index contributed by atoms with van der Waals surface area (Å²) in [7, 11) is 0. The van der Waals surface area contributed by atoms with Crippen LogP contribution in [-0.2, 0) is 4.74 Å². The summed E-state index contributed by atoms with van der Waals surface area (Å²) in [4.78, 5) is 20.3. The zero-order valence-corrected chi connectivity index (χ0v) is 15.2. The molecule has 0 aliphatic carbocycles. The highest BCUT2D eigenvalue weighted by molar-refractivity contribution is 5.89. The Labute approximate surface area is 157 Å². The summed E-state index contributed by atoms with van der Waals surface area (Å²) >= 11 is 0. The van der Waals surface area contributed by atoms with Crippen LogP contribution in [-0.4, -0.2) is 29.2 Å². The first-order valence-corrected chi connectivity index (χ1v) is 8.70. The van der Waals surface area contributed by atoms with Crippen molar-refractivity contribution in [3.63, 3.8) is 0 Å². The van der Waals surface area contributed by atoms with E-state index in [-0.39, 0.29) is 5.97 Å². The van der Waals surface area contributed by atoms with E-state index in [4.69, 9.17) is 14.2 Å². The van der Waals surface area contributed by atoms with E-state index in [0.29, 0.717) is 36.2 Å². The fraction of sp³-hybridized carbons (Fsp3) is 0.190. The number of benzene rings is 1. The molecule has 138 valence electrons. The van der Waals surface area contributed by atoms with Gasteiger partial charge in [-0.15, -0.1) is 0 Å². The van der Waals surface area contributed by atoms with Crippen molar-refractivity contribution in [2.75, 3.05) is 13.2 Å². The average Bonchev–Trinajstić information content (AvgIpc) is 2.70. The Morgan fingerprint density at radius 3 is 2.52 bits per heavy atom. The lowest BCUT2D eigenvalue weighted by Crippen LogP contribution is -2.04. The van der Waals surface area contributed by atoms with Crippen LogP contribution in [0, 0.1) is 0 Å². The van der Waals surface area contributed by atoms with E-state index in [0.717, 1.165) is 11.1 Å². The second kappa shape index (κ2) is 8.80. The second-order valence-corrected chi connectivity index (χ2v) is 5.51. The van der Waals surface area contributed by atoms with Gasteiger partial charge in [0.25, 0.3) is 0 Å². The molecule has 0 saturated heterocycles. The van der Waals surface area contributed by atoms with Crippen LogP contribution in [0.4, 0.5) is 0 Å². The van der Waals surface area contributed by atoms with Crippen LogP contribution in [0.25, 0.3) is 11.1 Å². The summed E-state index contributed by atoms with van der Waals surface area (Å²) in [5.74, 6) is 1.34. The van der Waals surface area contributed by atoms with Gasteiger partial charge in [0.15, 0.2) is 0 Å². The third kappa shape index (κ3) is 4.41. The lowest BCUT2D eigenvalue weighted by Gasteiger charge is -2.13. The molecule has 0 spiro atoms. The number of ether oxygens (including phenoxy) is 3. The van der Waals surface area contributed by atoms with Gasteiger partial charge in [0.1, 0.15) is 11.5 Å². The first-order chi connectivity index (χ1) is 13.2. The van der Waals surface area contributed by atoms with Gasteiger partial charge in [-0.2, -0.15) is 0 Å². The number of rotatable bonds is 7. The van der Waals surface area contributed by atoms with Crippen molar-refractivity contribution in [3.8, 4) is 28.5 Å². The van der Waals surface area contributed by atoms with Gasteiger partial charge in [0, 0.05) is 29.7 Å².